The van der Waals surface area contributed by atoms with E-state index in [-0.39, 0.29) is 5.92 Å². The summed E-state index contributed by atoms with van der Waals surface area (Å²) in [5.74, 6) is 0.0347. The predicted octanol–water partition coefficient (Wildman–Crippen LogP) is 2.73. The monoisotopic (exact) mass is 277 g/mol. The Kier molecular flexibility index (Phi) is 4.38. The number of benzene rings is 1. The summed E-state index contributed by atoms with van der Waals surface area (Å²) in [6.45, 7) is 2.36. The number of hydrogen-bond donors (Lipinski definition) is 2. The van der Waals surface area contributed by atoms with E-state index in [1.165, 1.54) is 0 Å². The van der Waals surface area contributed by atoms with E-state index in [4.69, 9.17) is 17.3 Å². The third-order valence-electron chi connectivity index (χ3n) is 2.19. The van der Waals surface area contributed by atoms with Gasteiger partial charge in [0.15, 0.2) is 0 Å². The molecule has 2 nitrogen and oxygen atoms in total. The van der Waals surface area contributed by atoms with Crippen molar-refractivity contribution in [3.8, 4) is 0 Å². The molecule has 0 aromatic heterocycles. The van der Waals surface area contributed by atoms with Gasteiger partial charge < -0.3 is 10.8 Å². The van der Waals surface area contributed by atoms with Gasteiger partial charge in [0.2, 0.25) is 0 Å². The maximum atomic E-state index is 9.91. The Labute approximate surface area is 97.2 Å². The SMILES string of the molecule is CC(CN)C(O)c1ccc(Cl)cc1Br. The van der Waals surface area contributed by atoms with Crippen LogP contribution >= 0.6 is 27.5 Å². The molecule has 0 aliphatic carbocycles. The smallest absolute Gasteiger partial charge is 0.0838 e. The van der Waals surface area contributed by atoms with Crippen molar-refractivity contribution in [2.45, 2.75) is 13.0 Å². The molecule has 0 aliphatic heterocycles. The lowest BCUT2D eigenvalue weighted by atomic mass is 9.98. The van der Waals surface area contributed by atoms with Gasteiger partial charge in [0.05, 0.1) is 6.10 Å². The van der Waals surface area contributed by atoms with Crippen molar-refractivity contribution in [3.63, 3.8) is 0 Å². The summed E-state index contributed by atoms with van der Waals surface area (Å²) in [6.07, 6.45) is -0.549. The Morgan fingerprint density at radius 3 is 2.71 bits per heavy atom. The Morgan fingerprint density at radius 2 is 2.21 bits per heavy atom. The summed E-state index contributed by atoms with van der Waals surface area (Å²) in [4.78, 5) is 0. The highest BCUT2D eigenvalue weighted by Crippen LogP contribution is 2.30. The van der Waals surface area contributed by atoms with Crippen molar-refractivity contribution < 1.29 is 5.11 Å². The number of aliphatic hydroxyl groups is 1. The molecule has 0 spiro atoms. The van der Waals surface area contributed by atoms with E-state index in [0.29, 0.717) is 11.6 Å². The molecule has 78 valence electrons. The molecule has 4 heteroatoms. The van der Waals surface area contributed by atoms with Crippen LogP contribution in [0.4, 0.5) is 0 Å². The molecule has 0 aliphatic rings. The molecule has 0 heterocycles. The Balaban J connectivity index is 2.95. The molecule has 1 aromatic carbocycles. The molecule has 2 atom stereocenters. The minimum atomic E-state index is -0.549. The van der Waals surface area contributed by atoms with Gasteiger partial charge in [-0.05, 0) is 30.2 Å². The topological polar surface area (TPSA) is 46.2 Å². The van der Waals surface area contributed by atoms with Crippen LogP contribution in [-0.2, 0) is 0 Å². The third kappa shape index (κ3) is 2.70. The van der Waals surface area contributed by atoms with Gasteiger partial charge >= 0.3 is 0 Å². The standard InChI is InChI=1S/C10H13BrClNO/c1-6(5-13)10(14)8-3-2-7(12)4-9(8)11/h2-4,6,10,14H,5,13H2,1H3. The molecule has 1 rings (SSSR count). The molecule has 1 aromatic rings. The van der Waals surface area contributed by atoms with Gasteiger partial charge in [0.1, 0.15) is 0 Å². The average Bonchev–Trinajstić information content (AvgIpc) is 2.15. The van der Waals surface area contributed by atoms with E-state index in [1.54, 1.807) is 12.1 Å². The predicted molar refractivity (Wildman–Crippen MR) is 62.3 cm³/mol. The maximum absolute atomic E-state index is 9.91. The summed E-state index contributed by atoms with van der Waals surface area (Å²) in [5.41, 5.74) is 6.32. The quantitative estimate of drug-likeness (QED) is 0.893. The van der Waals surface area contributed by atoms with Gasteiger partial charge in [0.25, 0.3) is 0 Å². The number of hydrogen-bond acceptors (Lipinski definition) is 2. The molecule has 0 amide bonds. The first-order valence-electron chi connectivity index (χ1n) is 4.39. The van der Waals surface area contributed by atoms with Crippen molar-refractivity contribution in [1.29, 1.82) is 0 Å². The maximum Gasteiger partial charge on any atom is 0.0838 e. The molecule has 0 saturated heterocycles. The van der Waals surface area contributed by atoms with E-state index in [0.717, 1.165) is 10.0 Å². The summed E-state index contributed by atoms with van der Waals surface area (Å²) in [5, 5.41) is 10.6. The van der Waals surface area contributed by atoms with Crippen LogP contribution in [0.1, 0.15) is 18.6 Å². The highest BCUT2D eigenvalue weighted by Gasteiger charge is 2.17. The van der Waals surface area contributed by atoms with Crippen LogP contribution in [0.15, 0.2) is 22.7 Å². The minimum absolute atomic E-state index is 0.0347. The normalized spacial score (nSPS) is 15.2. The second-order valence-corrected chi connectivity index (χ2v) is 4.61. The van der Waals surface area contributed by atoms with Crippen LogP contribution in [0.5, 0.6) is 0 Å². The van der Waals surface area contributed by atoms with Crippen molar-refractivity contribution >= 4 is 27.5 Å². The summed E-state index contributed by atoms with van der Waals surface area (Å²) >= 11 is 9.16. The largest absolute Gasteiger partial charge is 0.388 e. The first-order chi connectivity index (χ1) is 6.56. The van der Waals surface area contributed by atoms with Crippen LogP contribution in [-0.4, -0.2) is 11.7 Å². The van der Waals surface area contributed by atoms with Gasteiger partial charge in [-0.2, -0.15) is 0 Å². The Bertz CT molecular complexity index is 319. The van der Waals surface area contributed by atoms with Gasteiger partial charge in [0, 0.05) is 9.50 Å². The van der Waals surface area contributed by atoms with Crippen LogP contribution in [0, 0.1) is 5.92 Å². The number of halogens is 2. The molecule has 2 unspecified atom stereocenters. The highest BCUT2D eigenvalue weighted by molar-refractivity contribution is 9.10. The Hall–Kier alpha value is -0.0900. The fourth-order valence-corrected chi connectivity index (χ4v) is 2.09. The summed E-state index contributed by atoms with van der Waals surface area (Å²) in [6, 6.07) is 5.33. The lowest BCUT2D eigenvalue weighted by Gasteiger charge is -2.18. The molecular formula is C10H13BrClNO. The van der Waals surface area contributed by atoms with Crippen LogP contribution in [0.3, 0.4) is 0 Å². The first kappa shape index (κ1) is 12.0. The zero-order chi connectivity index (χ0) is 10.7. The van der Waals surface area contributed by atoms with Gasteiger partial charge in [-0.15, -0.1) is 0 Å². The second kappa shape index (κ2) is 5.12. The van der Waals surface area contributed by atoms with Crippen molar-refractivity contribution in [3.05, 3.63) is 33.3 Å². The fraction of sp³-hybridized carbons (Fsp3) is 0.400. The number of rotatable bonds is 3. The number of aliphatic hydroxyl groups excluding tert-OH is 1. The van der Waals surface area contributed by atoms with E-state index < -0.39 is 6.10 Å². The van der Waals surface area contributed by atoms with Gasteiger partial charge in [-0.3, -0.25) is 0 Å². The lowest BCUT2D eigenvalue weighted by molar-refractivity contribution is 0.121. The fourth-order valence-electron chi connectivity index (χ4n) is 1.18. The second-order valence-electron chi connectivity index (χ2n) is 3.32. The van der Waals surface area contributed by atoms with E-state index in [2.05, 4.69) is 15.9 Å². The average molecular weight is 279 g/mol. The van der Waals surface area contributed by atoms with E-state index in [9.17, 15) is 5.11 Å². The van der Waals surface area contributed by atoms with Crippen molar-refractivity contribution in [2.24, 2.45) is 11.7 Å². The van der Waals surface area contributed by atoms with Crippen LogP contribution in [0.25, 0.3) is 0 Å². The van der Waals surface area contributed by atoms with Gasteiger partial charge in [-0.1, -0.05) is 40.5 Å². The molecule has 14 heavy (non-hydrogen) atoms. The van der Waals surface area contributed by atoms with Gasteiger partial charge in [-0.25, -0.2) is 0 Å². The molecule has 0 bridgehead atoms. The number of nitrogens with two attached hydrogens (primary N) is 1. The molecule has 0 saturated carbocycles. The lowest BCUT2D eigenvalue weighted by Crippen LogP contribution is -2.19. The minimum Gasteiger partial charge on any atom is -0.388 e. The van der Waals surface area contributed by atoms with E-state index >= 15 is 0 Å². The van der Waals surface area contributed by atoms with Crippen molar-refractivity contribution in [2.75, 3.05) is 6.54 Å². The van der Waals surface area contributed by atoms with E-state index in [1.807, 2.05) is 13.0 Å². The van der Waals surface area contributed by atoms with Crippen molar-refractivity contribution in [1.82, 2.24) is 0 Å². The highest BCUT2D eigenvalue weighted by atomic mass is 79.9. The molecule has 3 N–H and O–H groups in total. The third-order valence-corrected chi connectivity index (χ3v) is 3.11. The first-order valence-corrected chi connectivity index (χ1v) is 5.56. The molecular weight excluding hydrogens is 265 g/mol. The van der Waals surface area contributed by atoms with Crippen LogP contribution < -0.4 is 5.73 Å². The molecule has 0 radical (unpaired) electrons. The molecule has 0 fully saturated rings. The zero-order valence-electron chi connectivity index (χ0n) is 7.87. The zero-order valence-corrected chi connectivity index (χ0v) is 10.2. The van der Waals surface area contributed by atoms with Crippen LogP contribution in [0.2, 0.25) is 5.02 Å². The summed E-state index contributed by atoms with van der Waals surface area (Å²) in [7, 11) is 0. The Morgan fingerprint density at radius 1 is 1.57 bits per heavy atom. The summed E-state index contributed by atoms with van der Waals surface area (Å²) < 4.78 is 0.817.